The van der Waals surface area contributed by atoms with Gasteiger partial charge in [-0.3, -0.25) is 4.79 Å². The summed E-state index contributed by atoms with van der Waals surface area (Å²) in [7, 11) is 1.81. The first kappa shape index (κ1) is 21.7. The van der Waals surface area contributed by atoms with Gasteiger partial charge in [0.25, 0.3) is 0 Å². The first-order chi connectivity index (χ1) is 11.6. The van der Waals surface area contributed by atoms with Crippen molar-refractivity contribution in [3.8, 4) is 0 Å². The number of carbonyl (C=O) groups is 2. The van der Waals surface area contributed by atoms with Crippen LogP contribution in [0, 0.1) is 0 Å². The Bertz CT molecular complexity index is 434. The number of hydrogen-bond donors (Lipinski definition) is 1. The molecule has 1 heterocycles. The van der Waals surface area contributed by atoms with Crippen molar-refractivity contribution in [2.75, 3.05) is 26.7 Å². The Labute approximate surface area is 153 Å². The Morgan fingerprint density at radius 3 is 2.56 bits per heavy atom. The van der Waals surface area contributed by atoms with Gasteiger partial charge in [0.1, 0.15) is 5.60 Å². The average molecular weight is 356 g/mol. The van der Waals surface area contributed by atoms with E-state index in [1.54, 1.807) is 4.90 Å². The summed E-state index contributed by atoms with van der Waals surface area (Å²) >= 11 is 0. The molecule has 1 aliphatic rings. The highest BCUT2D eigenvalue weighted by Gasteiger charge is 2.30. The molecule has 2 atom stereocenters. The van der Waals surface area contributed by atoms with Crippen LogP contribution in [0.1, 0.15) is 66.7 Å². The van der Waals surface area contributed by atoms with E-state index in [4.69, 9.17) is 4.74 Å². The molecular weight excluding hydrogens is 318 g/mol. The van der Waals surface area contributed by atoms with Crippen LogP contribution in [0.3, 0.4) is 0 Å². The summed E-state index contributed by atoms with van der Waals surface area (Å²) < 4.78 is 5.59. The topological polar surface area (TPSA) is 61.9 Å². The Balaban J connectivity index is 2.61. The third kappa shape index (κ3) is 8.08. The maximum atomic E-state index is 12.6. The van der Waals surface area contributed by atoms with E-state index in [-0.39, 0.29) is 24.1 Å². The normalized spacial score (nSPS) is 19.9. The maximum Gasteiger partial charge on any atom is 0.410 e. The van der Waals surface area contributed by atoms with Crippen LogP contribution < -0.4 is 5.32 Å². The zero-order chi connectivity index (χ0) is 19.0. The van der Waals surface area contributed by atoms with E-state index in [0.29, 0.717) is 13.1 Å². The SMILES string of the molecule is CCN(C)C(=O)CNC(C)CC1CCCCCN1C(=O)OC(C)(C)C. The molecule has 0 bridgehead atoms. The van der Waals surface area contributed by atoms with Gasteiger partial charge in [-0.1, -0.05) is 12.8 Å². The van der Waals surface area contributed by atoms with Gasteiger partial charge in [0, 0.05) is 32.2 Å². The van der Waals surface area contributed by atoms with E-state index in [1.807, 2.05) is 39.6 Å². The zero-order valence-corrected chi connectivity index (χ0v) is 16.9. The number of carbonyl (C=O) groups excluding carboxylic acids is 2. The van der Waals surface area contributed by atoms with Crippen molar-refractivity contribution in [1.29, 1.82) is 0 Å². The lowest BCUT2D eigenvalue weighted by molar-refractivity contribution is -0.128. The minimum absolute atomic E-state index is 0.0965. The van der Waals surface area contributed by atoms with E-state index < -0.39 is 5.60 Å². The second kappa shape index (κ2) is 10.00. The second-order valence-corrected chi connectivity index (χ2v) is 8.10. The molecule has 1 aliphatic heterocycles. The summed E-state index contributed by atoms with van der Waals surface area (Å²) in [5.41, 5.74) is -0.477. The molecule has 1 fully saturated rings. The van der Waals surface area contributed by atoms with Gasteiger partial charge in [0.05, 0.1) is 6.54 Å². The Kier molecular flexibility index (Phi) is 8.69. The van der Waals surface area contributed by atoms with Crippen LogP contribution in [-0.4, -0.2) is 66.2 Å². The molecule has 0 aromatic rings. The standard InChI is InChI=1S/C19H37N3O3/c1-7-21(6)17(23)14-20-15(2)13-16-11-9-8-10-12-22(16)18(24)25-19(3,4)5/h15-16,20H,7-14H2,1-6H3. The third-order valence-electron chi connectivity index (χ3n) is 4.63. The summed E-state index contributed by atoms with van der Waals surface area (Å²) in [6.07, 6.45) is 4.92. The molecule has 1 rings (SSSR count). The first-order valence-electron chi connectivity index (χ1n) is 9.61. The lowest BCUT2D eigenvalue weighted by Gasteiger charge is -2.33. The molecule has 146 valence electrons. The summed E-state index contributed by atoms with van der Waals surface area (Å²) in [6, 6.07) is 0.334. The van der Waals surface area contributed by atoms with E-state index in [0.717, 1.165) is 38.6 Å². The highest BCUT2D eigenvalue weighted by molar-refractivity contribution is 5.77. The molecular formula is C19H37N3O3. The molecule has 6 nitrogen and oxygen atoms in total. The van der Waals surface area contributed by atoms with E-state index >= 15 is 0 Å². The average Bonchev–Trinajstić information content (AvgIpc) is 2.75. The van der Waals surface area contributed by atoms with Gasteiger partial charge in [0.15, 0.2) is 0 Å². The number of hydrogen-bond acceptors (Lipinski definition) is 4. The van der Waals surface area contributed by atoms with Crippen LogP contribution in [-0.2, 0) is 9.53 Å². The van der Waals surface area contributed by atoms with E-state index in [1.165, 1.54) is 0 Å². The monoisotopic (exact) mass is 355 g/mol. The number of ether oxygens (including phenoxy) is 1. The molecule has 0 aromatic heterocycles. The van der Waals surface area contributed by atoms with Crippen LogP contribution >= 0.6 is 0 Å². The van der Waals surface area contributed by atoms with Gasteiger partial charge in [-0.15, -0.1) is 0 Å². The number of amides is 2. The minimum atomic E-state index is -0.477. The number of nitrogens with one attached hydrogen (secondary N) is 1. The van der Waals surface area contributed by atoms with Crippen molar-refractivity contribution < 1.29 is 14.3 Å². The highest BCUT2D eigenvalue weighted by Crippen LogP contribution is 2.23. The molecule has 6 heteroatoms. The molecule has 0 saturated carbocycles. The smallest absolute Gasteiger partial charge is 0.410 e. The first-order valence-corrected chi connectivity index (χ1v) is 9.61. The molecule has 0 radical (unpaired) electrons. The van der Waals surface area contributed by atoms with Crippen LogP contribution in [0.4, 0.5) is 4.79 Å². The largest absolute Gasteiger partial charge is 0.444 e. The summed E-state index contributed by atoms with van der Waals surface area (Å²) in [5, 5.41) is 3.30. The van der Waals surface area contributed by atoms with Crippen LogP contribution in [0.5, 0.6) is 0 Å². The molecule has 0 aliphatic carbocycles. The second-order valence-electron chi connectivity index (χ2n) is 8.10. The molecule has 1 saturated heterocycles. The van der Waals surface area contributed by atoms with Gasteiger partial charge in [-0.2, -0.15) is 0 Å². The van der Waals surface area contributed by atoms with Crippen molar-refractivity contribution in [1.82, 2.24) is 15.1 Å². The van der Waals surface area contributed by atoms with Gasteiger partial charge in [-0.05, 0) is 53.9 Å². The number of likely N-dealkylation sites (tertiary alicyclic amines) is 1. The summed E-state index contributed by atoms with van der Waals surface area (Å²) in [5.74, 6) is 0.0965. The van der Waals surface area contributed by atoms with Crippen molar-refractivity contribution in [2.45, 2.75) is 84.4 Å². The van der Waals surface area contributed by atoms with Crippen molar-refractivity contribution in [3.05, 3.63) is 0 Å². The molecule has 0 spiro atoms. The fourth-order valence-electron chi connectivity index (χ4n) is 3.05. The Morgan fingerprint density at radius 1 is 1.28 bits per heavy atom. The van der Waals surface area contributed by atoms with E-state index in [9.17, 15) is 9.59 Å². The molecule has 1 N–H and O–H groups in total. The number of rotatable bonds is 6. The molecule has 2 amide bonds. The van der Waals surface area contributed by atoms with Crippen molar-refractivity contribution in [3.63, 3.8) is 0 Å². The number of nitrogens with zero attached hydrogens (tertiary/aromatic N) is 2. The van der Waals surface area contributed by atoms with Gasteiger partial charge < -0.3 is 19.9 Å². The van der Waals surface area contributed by atoms with Crippen LogP contribution in [0.25, 0.3) is 0 Å². The third-order valence-corrected chi connectivity index (χ3v) is 4.63. The predicted octanol–water partition coefficient (Wildman–Crippen LogP) is 3.01. The quantitative estimate of drug-likeness (QED) is 0.795. The fourth-order valence-corrected chi connectivity index (χ4v) is 3.05. The van der Waals surface area contributed by atoms with Crippen molar-refractivity contribution >= 4 is 12.0 Å². The lowest BCUT2D eigenvalue weighted by atomic mass is 10.0. The lowest BCUT2D eigenvalue weighted by Crippen LogP contribution is -2.46. The van der Waals surface area contributed by atoms with E-state index in [2.05, 4.69) is 12.2 Å². The molecule has 0 aromatic carbocycles. The summed E-state index contributed by atoms with van der Waals surface area (Å²) in [6.45, 7) is 11.6. The fraction of sp³-hybridized carbons (Fsp3) is 0.895. The molecule has 2 unspecified atom stereocenters. The Morgan fingerprint density at radius 2 is 1.96 bits per heavy atom. The van der Waals surface area contributed by atoms with Gasteiger partial charge in [-0.25, -0.2) is 4.79 Å². The van der Waals surface area contributed by atoms with Crippen LogP contribution in [0.15, 0.2) is 0 Å². The minimum Gasteiger partial charge on any atom is -0.444 e. The number of likely N-dealkylation sites (N-methyl/N-ethyl adjacent to an activating group) is 1. The highest BCUT2D eigenvalue weighted by atomic mass is 16.6. The van der Waals surface area contributed by atoms with Crippen LogP contribution in [0.2, 0.25) is 0 Å². The predicted molar refractivity (Wildman–Crippen MR) is 101 cm³/mol. The maximum absolute atomic E-state index is 12.6. The zero-order valence-electron chi connectivity index (χ0n) is 16.9. The molecule has 25 heavy (non-hydrogen) atoms. The van der Waals surface area contributed by atoms with Gasteiger partial charge in [0.2, 0.25) is 5.91 Å². The Hall–Kier alpha value is -1.30. The van der Waals surface area contributed by atoms with Crippen molar-refractivity contribution in [2.24, 2.45) is 0 Å². The van der Waals surface area contributed by atoms with Gasteiger partial charge >= 0.3 is 6.09 Å². The summed E-state index contributed by atoms with van der Waals surface area (Å²) in [4.78, 5) is 28.1.